The van der Waals surface area contributed by atoms with Crippen LogP contribution < -0.4 is 5.32 Å². The minimum absolute atomic E-state index is 0.0698. The number of ether oxygens (including phenoxy) is 1. The number of carbonyl (C=O) groups is 4. The first kappa shape index (κ1) is 30.1. The second kappa shape index (κ2) is 14.7. The molecule has 1 fully saturated rings. The Balaban J connectivity index is 0.000000226. The number of aromatic nitrogens is 2. The summed E-state index contributed by atoms with van der Waals surface area (Å²) in [6.45, 7) is 2.08. The van der Waals surface area contributed by atoms with Crippen LogP contribution in [0, 0.1) is 11.8 Å². The molecule has 1 aromatic heterocycles. The van der Waals surface area contributed by atoms with E-state index in [-0.39, 0.29) is 24.1 Å². The first-order valence-electron chi connectivity index (χ1n) is 12.9. The van der Waals surface area contributed by atoms with Gasteiger partial charge in [-0.3, -0.25) is 14.9 Å². The van der Waals surface area contributed by atoms with Gasteiger partial charge in [0.25, 0.3) is 0 Å². The number of aliphatic hydroxyl groups is 2. The fraction of sp³-hybridized carbons (Fsp3) is 0.300. The number of benzene rings is 2. The SMILES string of the molecule is CCCC=CC=CC1CC(O)C(O)C(=O)C1C=O.COC(=O)Nc1nc2ccc(C(=O)c3ccccc3)cc2[nH]1. The number of allylic oxidation sites excluding steroid dienone is 4. The molecule has 10 nitrogen and oxygen atoms in total. The zero-order valence-corrected chi connectivity index (χ0v) is 22.3. The lowest BCUT2D eigenvalue weighted by molar-refractivity contribution is -0.146. The Labute approximate surface area is 231 Å². The van der Waals surface area contributed by atoms with Gasteiger partial charge in [-0.25, -0.2) is 9.78 Å². The van der Waals surface area contributed by atoms with Crippen LogP contribution in [0.2, 0.25) is 0 Å². The second-order valence-corrected chi connectivity index (χ2v) is 9.21. The molecular weight excluding hydrogens is 514 g/mol. The number of aromatic amines is 1. The first-order valence-corrected chi connectivity index (χ1v) is 12.9. The zero-order valence-electron chi connectivity index (χ0n) is 22.3. The van der Waals surface area contributed by atoms with E-state index in [9.17, 15) is 29.4 Å². The van der Waals surface area contributed by atoms with Crippen LogP contribution >= 0.6 is 0 Å². The molecule has 1 aliphatic rings. The van der Waals surface area contributed by atoms with Gasteiger partial charge in [-0.05, 0) is 37.0 Å². The monoisotopic (exact) mass is 547 g/mol. The summed E-state index contributed by atoms with van der Waals surface area (Å²) in [6.07, 6.45) is 7.11. The molecule has 0 aliphatic heterocycles. The number of nitrogens with one attached hydrogen (secondary N) is 2. The highest BCUT2D eigenvalue weighted by atomic mass is 16.5. The van der Waals surface area contributed by atoms with Gasteiger partial charge >= 0.3 is 6.09 Å². The molecule has 40 heavy (non-hydrogen) atoms. The molecule has 4 unspecified atom stereocenters. The summed E-state index contributed by atoms with van der Waals surface area (Å²) in [5.74, 6) is -1.57. The first-order chi connectivity index (χ1) is 19.3. The molecule has 210 valence electrons. The van der Waals surface area contributed by atoms with Crippen LogP contribution in [0.4, 0.5) is 10.7 Å². The Hall–Kier alpha value is -4.41. The van der Waals surface area contributed by atoms with E-state index in [1.807, 2.05) is 30.4 Å². The number of nitrogens with zero attached hydrogens (tertiary/aromatic N) is 1. The maximum atomic E-state index is 12.4. The quantitative estimate of drug-likeness (QED) is 0.143. The lowest BCUT2D eigenvalue weighted by Crippen LogP contribution is -2.47. The van der Waals surface area contributed by atoms with Gasteiger partial charge in [0, 0.05) is 11.1 Å². The number of rotatable bonds is 8. The highest BCUT2D eigenvalue weighted by molar-refractivity contribution is 6.10. The van der Waals surface area contributed by atoms with Crippen molar-refractivity contribution in [2.24, 2.45) is 11.8 Å². The standard InChI is InChI=1S/C16H13N3O3.C14H20O4/c1-22-16(21)19-15-17-12-8-7-11(9-13(12)18-15)14(20)10-5-3-2-4-6-10;1-2-3-4-5-6-7-10-8-12(16)14(18)13(17)11(10)9-15/h2-9H,1H3,(H2,17,18,19,21);4-7,9-12,14,16,18H,2-3,8H2,1H3. The minimum Gasteiger partial charge on any atom is -0.453 e. The van der Waals surface area contributed by atoms with Crippen LogP contribution in [0.5, 0.6) is 0 Å². The molecule has 4 N–H and O–H groups in total. The molecule has 3 aromatic rings. The summed E-state index contributed by atoms with van der Waals surface area (Å²) in [7, 11) is 1.27. The largest absolute Gasteiger partial charge is 0.453 e. The van der Waals surface area contributed by atoms with E-state index in [1.54, 1.807) is 42.5 Å². The van der Waals surface area contributed by atoms with Crippen LogP contribution in [0.15, 0.2) is 72.8 Å². The lowest BCUT2D eigenvalue weighted by atomic mass is 9.76. The molecule has 0 radical (unpaired) electrons. The molecule has 1 heterocycles. The average Bonchev–Trinajstić information content (AvgIpc) is 3.37. The van der Waals surface area contributed by atoms with E-state index in [1.165, 1.54) is 7.11 Å². The van der Waals surface area contributed by atoms with Gasteiger partial charge in [0.1, 0.15) is 12.4 Å². The number of hydrogen-bond acceptors (Lipinski definition) is 8. The van der Waals surface area contributed by atoms with Crippen LogP contribution in [0.25, 0.3) is 11.0 Å². The Morgan fingerprint density at radius 1 is 1.12 bits per heavy atom. The van der Waals surface area contributed by atoms with Crippen LogP contribution in [0.3, 0.4) is 0 Å². The number of unbranched alkanes of at least 4 members (excludes halogenated alkanes) is 1. The fourth-order valence-corrected chi connectivity index (χ4v) is 4.18. The average molecular weight is 548 g/mol. The third kappa shape index (κ3) is 7.81. The number of methoxy groups -OCH3 is 1. The third-order valence-corrected chi connectivity index (χ3v) is 6.35. The third-order valence-electron chi connectivity index (χ3n) is 6.35. The van der Waals surface area contributed by atoms with E-state index in [0.717, 1.165) is 12.8 Å². The van der Waals surface area contributed by atoms with E-state index >= 15 is 0 Å². The van der Waals surface area contributed by atoms with Gasteiger partial charge in [0.15, 0.2) is 11.6 Å². The number of aldehydes is 1. The minimum atomic E-state index is -1.43. The number of hydrogen-bond donors (Lipinski definition) is 4. The van der Waals surface area contributed by atoms with E-state index in [0.29, 0.717) is 28.4 Å². The maximum absolute atomic E-state index is 12.4. The zero-order chi connectivity index (χ0) is 29.1. The number of amides is 1. The molecule has 4 rings (SSSR count). The summed E-state index contributed by atoms with van der Waals surface area (Å²) in [6, 6.07) is 14.2. The second-order valence-electron chi connectivity index (χ2n) is 9.21. The van der Waals surface area contributed by atoms with E-state index in [4.69, 9.17) is 0 Å². The van der Waals surface area contributed by atoms with Gasteiger partial charge in [0.05, 0.1) is 30.2 Å². The van der Waals surface area contributed by atoms with Gasteiger partial charge in [-0.1, -0.05) is 68.0 Å². The molecule has 0 bridgehead atoms. The summed E-state index contributed by atoms with van der Waals surface area (Å²) >= 11 is 0. The van der Waals surface area contributed by atoms with Crippen molar-refractivity contribution < 1.29 is 34.1 Å². The van der Waals surface area contributed by atoms with Crippen molar-refractivity contribution in [1.29, 1.82) is 0 Å². The Morgan fingerprint density at radius 2 is 1.88 bits per heavy atom. The highest BCUT2D eigenvalue weighted by Gasteiger charge is 2.41. The summed E-state index contributed by atoms with van der Waals surface area (Å²) in [5, 5.41) is 21.4. The van der Waals surface area contributed by atoms with Gasteiger partial charge in [-0.2, -0.15) is 0 Å². The summed E-state index contributed by atoms with van der Waals surface area (Å²) in [4.78, 5) is 53.2. The molecular formula is C30H33N3O7. The number of H-pyrrole nitrogens is 1. The summed E-state index contributed by atoms with van der Waals surface area (Å²) < 4.78 is 4.51. The number of aliphatic hydroxyl groups excluding tert-OH is 2. The van der Waals surface area contributed by atoms with Crippen LogP contribution in [0.1, 0.15) is 42.1 Å². The molecule has 0 spiro atoms. The van der Waals surface area contributed by atoms with E-state index < -0.39 is 30.0 Å². The molecule has 10 heteroatoms. The lowest BCUT2D eigenvalue weighted by Gasteiger charge is -2.31. The highest BCUT2D eigenvalue weighted by Crippen LogP contribution is 2.28. The van der Waals surface area contributed by atoms with Crippen molar-refractivity contribution in [2.45, 2.75) is 38.4 Å². The predicted molar refractivity (Wildman–Crippen MR) is 150 cm³/mol. The number of fused-ring (bicyclic) bond motifs is 1. The molecule has 4 atom stereocenters. The van der Waals surface area contributed by atoms with Crippen molar-refractivity contribution in [3.8, 4) is 0 Å². The van der Waals surface area contributed by atoms with Crippen molar-refractivity contribution in [2.75, 3.05) is 12.4 Å². The van der Waals surface area contributed by atoms with Crippen molar-refractivity contribution in [3.63, 3.8) is 0 Å². The number of anilines is 1. The van der Waals surface area contributed by atoms with E-state index in [2.05, 4.69) is 26.9 Å². The van der Waals surface area contributed by atoms with Gasteiger partial charge in [-0.15, -0.1) is 0 Å². The Bertz CT molecular complexity index is 1380. The fourth-order valence-electron chi connectivity index (χ4n) is 4.18. The normalized spacial score (nSPS) is 20.8. The van der Waals surface area contributed by atoms with Crippen LogP contribution in [-0.2, 0) is 14.3 Å². The Kier molecular flexibility index (Phi) is 11.0. The van der Waals surface area contributed by atoms with Gasteiger partial charge < -0.3 is 24.7 Å². The molecule has 2 aromatic carbocycles. The topological polar surface area (TPSA) is 159 Å². The number of ketones is 2. The summed E-state index contributed by atoms with van der Waals surface area (Å²) in [5.41, 5.74) is 2.48. The number of imidazole rings is 1. The van der Waals surface area contributed by atoms with Crippen molar-refractivity contribution >= 4 is 40.9 Å². The molecule has 1 aliphatic carbocycles. The molecule has 1 amide bonds. The predicted octanol–water partition coefficient (Wildman–Crippen LogP) is 4.00. The number of carbonyl (C=O) groups excluding carboxylic acids is 4. The molecule has 0 saturated heterocycles. The van der Waals surface area contributed by atoms with Gasteiger partial charge in [0.2, 0.25) is 5.95 Å². The molecule has 1 saturated carbocycles. The van der Waals surface area contributed by atoms with Crippen molar-refractivity contribution in [1.82, 2.24) is 9.97 Å². The van der Waals surface area contributed by atoms with Crippen LogP contribution in [-0.4, -0.2) is 63.4 Å². The maximum Gasteiger partial charge on any atom is 0.413 e. The smallest absolute Gasteiger partial charge is 0.413 e. The Morgan fingerprint density at radius 3 is 2.55 bits per heavy atom. The van der Waals surface area contributed by atoms with Crippen molar-refractivity contribution in [3.05, 3.63) is 84.0 Å². The number of Topliss-reactive ketones (excluding diaryl/α,β-unsaturated/α-hetero) is 1.